The van der Waals surface area contributed by atoms with Gasteiger partial charge < -0.3 is 15.0 Å². The molecule has 1 aromatic rings. The van der Waals surface area contributed by atoms with Gasteiger partial charge in [-0.15, -0.1) is 0 Å². The van der Waals surface area contributed by atoms with Gasteiger partial charge in [0.25, 0.3) is 0 Å². The molecule has 0 radical (unpaired) electrons. The molecule has 0 aliphatic carbocycles. The topological polar surface area (TPSA) is 70.1 Å². The van der Waals surface area contributed by atoms with Crippen LogP contribution in [0.2, 0.25) is 0 Å². The minimum atomic E-state index is -0.343. The van der Waals surface area contributed by atoms with E-state index in [4.69, 9.17) is 5.73 Å². The van der Waals surface area contributed by atoms with Gasteiger partial charge in [0.15, 0.2) is 0 Å². The van der Waals surface area contributed by atoms with Crippen LogP contribution < -0.4 is 5.73 Å². The van der Waals surface area contributed by atoms with Crippen molar-refractivity contribution >= 4 is 5.97 Å². The Morgan fingerprint density at radius 1 is 1.79 bits per heavy atom. The lowest BCUT2D eigenvalue weighted by atomic mass is 10.1. The standard InChI is InChI=1S/C9H15N3O2/c1-3-12-6-11-5-8(12)7(10)4-9(13)14-2/h5-7H,3-4,10H2,1-2H3. The summed E-state index contributed by atoms with van der Waals surface area (Å²) in [5, 5.41) is 0. The van der Waals surface area contributed by atoms with Gasteiger partial charge in [-0.3, -0.25) is 4.79 Å². The SMILES string of the molecule is CCn1cncc1C(N)CC(=O)OC. The van der Waals surface area contributed by atoms with Gasteiger partial charge in [0.2, 0.25) is 0 Å². The monoisotopic (exact) mass is 197 g/mol. The summed E-state index contributed by atoms with van der Waals surface area (Å²) in [7, 11) is 1.35. The molecule has 0 aromatic carbocycles. The highest BCUT2D eigenvalue weighted by atomic mass is 16.5. The first-order chi connectivity index (χ1) is 6.69. The quantitative estimate of drug-likeness (QED) is 0.712. The molecule has 0 saturated heterocycles. The lowest BCUT2D eigenvalue weighted by Gasteiger charge is -2.11. The number of nitrogens with two attached hydrogens (primary N) is 1. The van der Waals surface area contributed by atoms with Crippen molar-refractivity contribution in [3.63, 3.8) is 0 Å². The van der Waals surface area contributed by atoms with Gasteiger partial charge in [0.1, 0.15) is 0 Å². The maximum absolute atomic E-state index is 11.0. The predicted molar refractivity (Wildman–Crippen MR) is 51.5 cm³/mol. The van der Waals surface area contributed by atoms with E-state index < -0.39 is 0 Å². The number of carbonyl (C=O) groups excluding carboxylic acids is 1. The van der Waals surface area contributed by atoms with Crippen molar-refractivity contribution in [2.75, 3.05) is 7.11 Å². The Labute approximate surface area is 82.9 Å². The van der Waals surface area contributed by atoms with E-state index in [0.29, 0.717) is 0 Å². The molecule has 78 valence electrons. The molecule has 0 amide bonds. The molecular weight excluding hydrogens is 182 g/mol. The fraction of sp³-hybridized carbons (Fsp3) is 0.556. The van der Waals surface area contributed by atoms with Crippen molar-refractivity contribution in [1.29, 1.82) is 0 Å². The zero-order valence-electron chi connectivity index (χ0n) is 8.43. The largest absolute Gasteiger partial charge is 0.469 e. The summed E-state index contributed by atoms with van der Waals surface area (Å²) in [6.45, 7) is 2.79. The number of rotatable bonds is 4. The first kappa shape index (κ1) is 10.7. The number of imidazole rings is 1. The van der Waals surface area contributed by atoms with E-state index in [1.54, 1.807) is 12.5 Å². The van der Waals surface area contributed by atoms with Crippen molar-refractivity contribution < 1.29 is 9.53 Å². The van der Waals surface area contributed by atoms with Crippen molar-refractivity contribution in [1.82, 2.24) is 9.55 Å². The average Bonchev–Trinajstić information content (AvgIpc) is 2.65. The van der Waals surface area contributed by atoms with Crippen LogP contribution in [0.3, 0.4) is 0 Å². The average molecular weight is 197 g/mol. The Balaban J connectivity index is 2.68. The molecule has 1 rings (SSSR count). The summed E-state index contributed by atoms with van der Waals surface area (Å²) in [6.07, 6.45) is 3.56. The van der Waals surface area contributed by atoms with Gasteiger partial charge in [0, 0.05) is 12.7 Å². The molecule has 0 saturated carbocycles. The first-order valence-corrected chi connectivity index (χ1v) is 4.51. The molecule has 2 N–H and O–H groups in total. The van der Waals surface area contributed by atoms with Crippen LogP contribution in [0.4, 0.5) is 0 Å². The van der Waals surface area contributed by atoms with Crippen molar-refractivity contribution in [2.24, 2.45) is 5.73 Å². The Kier molecular flexibility index (Phi) is 3.64. The van der Waals surface area contributed by atoms with Gasteiger partial charge in [-0.25, -0.2) is 4.98 Å². The Morgan fingerprint density at radius 2 is 2.50 bits per heavy atom. The third kappa shape index (κ3) is 2.32. The minimum Gasteiger partial charge on any atom is -0.469 e. The van der Waals surface area contributed by atoms with Crippen molar-refractivity contribution in [2.45, 2.75) is 25.9 Å². The van der Waals surface area contributed by atoms with Crippen LogP contribution >= 0.6 is 0 Å². The number of carbonyl (C=O) groups is 1. The Hall–Kier alpha value is -1.36. The number of hydrogen-bond donors (Lipinski definition) is 1. The lowest BCUT2D eigenvalue weighted by molar-refractivity contribution is -0.141. The number of methoxy groups -OCH3 is 1. The fourth-order valence-corrected chi connectivity index (χ4v) is 1.27. The van der Waals surface area contributed by atoms with Gasteiger partial charge >= 0.3 is 5.97 Å². The van der Waals surface area contributed by atoms with E-state index in [-0.39, 0.29) is 18.4 Å². The lowest BCUT2D eigenvalue weighted by Crippen LogP contribution is -2.19. The zero-order valence-corrected chi connectivity index (χ0v) is 8.43. The number of aromatic nitrogens is 2. The summed E-state index contributed by atoms with van der Waals surface area (Å²) < 4.78 is 6.45. The van der Waals surface area contributed by atoms with E-state index in [0.717, 1.165) is 12.2 Å². The van der Waals surface area contributed by atoms with E-state index in [2.05, 4.69) is 9.72 Å². The molecular formula is C9H15N3O2. The second kappa shape index (κ2) is 4.76. The molecule has 0 aliphatic heterocycles. The molecule has 0 aliphatic rings. The predicted octanol–water partition coefficient (Wildman–Crippen LogP) is 0.466. The number of ether oxygens (including phenoxy) is 1. The maximum Gasteiger partial charge on any atom is 0.307 e. The normalized spacial score (nSPS) is 12.5. The van der Waals surface area contributed by atoms with Crippen LogP contribution in [0.5, 0.6) is 0 Å². The van der Waals surface area contributed by atoms with E-state index >= 15 is 0 Å². The Bertz CT molecular complexity index is 309. The molecule has 0 fully saturated rings. The van der Waals surface area contributed by atoms with E-state index in [9.17, 15) is 4.79 Å². The molecule has 1 heterocycles. The summed E-state index contributed by atoms with van der Waals surface area (Å²) in [5.41, 5.74) is 6.69. The zero-order chi connectivity index (χ0) is 10.6. The molecule has 1 atom stereocenters. The second-order valence-electron chi connectivity index (χ2n) is 2.99. The molecule has 5 heteroatoms. The van der Waals surface area contributed by atoms with Crippen LogP contribution in [0.1, 0.15) is 25.1 Å². The molecule has 14 heavy (non-hydrogen) atoms. The molecule has 0 bridgehead atoms. The van der Waals surface area contributed by atoms with Crippen LogP contribution in [0, 0.1) is 0 Å². The first-order valence-electron chi connectivity index (χ1n) is 4.51. The highest BCUT2D eigenvalue weighted by molar-refractivity contribution is 5.70. The Morgan fingerprint density at radius 3 is 3.07 bits per heavy atom. The number of esters is 1. The third-order valence-electron chi connectivity index (χ3n) is 2.08. The summed E-state index contributed by atoms with van der Waals surface area (Å²) in [6, 6.07) is -0.343. The van der Waals surface area contributed by atoms with Gasteiger partial charge in [0.05, 0.1) is 31.6 Å². The fourth-order valence-electron chi connectivity index (χ4n) is 1.27. The number of aryl methyl sites for hydroxylation is 1. The molecule has 5 nitrogen and oxygen atoms in total. The van der Waals surface area contributed by atoms with Crippen LogP contribution in [-0.2, 0) is 16.1 Å². The number of nitrogens with zero attached hydrogens (tertiary/aromatic N) is 2. The van der Waals surface area contributed by atoms with E-state index in [1.807, 2.05) is 11.5 Å². The minimum absolute atomic E-state index is 0.183. The smallest absolute Gasteiger partial charge is 0.307 e. The van der Waals surface area contributed by atoms with Crippen LogP contribution in [0.15, 0.2) is 12.5 Å². The van der Waals surface area contributed by atoms with Gasteiger partial charge in [-0.05, 0) is 6.92 Å². The summed E-state index contributed by atoms with van der Waals surface area (Å²) in [5.74, 6) is -0.304. The third-order valence-corrected chi connectivity index (χ3v) is 2.08. The highest BCUT2D eigenvalue weighted by Gasteiger charge is 2.15. The van der Waals surface area contributed by atoms with Crippen molar-refractivity contribution in [3.8, 4) is 0 Å². The second-order valence-corrected chi connectivity index (χ2v) is 2.99. The van der Waals surface area contributed by atoms with Gasteiger partial charge in [-0.2, -0.15) is 0 Å². The molecule has 1 unspecified atom stereocenters. The molecule has 0 spiro atoms. The van der Waals surface area contributed by atoms with Gasteiger partial charge in [-0.1, -0.05) is 0 Å². The maximum atomic E-state index is 11.0. The summed E-state index contributed by atoms with van der Waals surface area (Å²) >= 11 is 0. The summed E-state index contributed by atoms with van der Waals surface area (Å²) in [4.78, 5) is 15.0. The van der Waals surface area contributed by atoms with Crippen molar-refractivity contribution in [3.05, 3.63) is 18.2 Å². The van der Waals surface area contributed by atoms with E-state index in [1.165, 1.54) is 7.11 Å². The van der Waals surface area contributed by atoms with Crippen LogP contribution in [0.25, 0.3) is 0 Å². The number of hydrogen-bond acceptors (Lipinski definition) is 4. The molecule has 1 aromatic heterocycles. The van der Waals surface area contributed by atoms with Crippen LogP contribution in [-0.4, -0.2) is 22.6 Å². The highest BCUT2D eigenvalue weighted by Crippen LogP contribution is 2.13.